The number of likely N-dealkylation sites (N-methyl/N-ethyl adjacent to an activating group) is 1. The molecule has 0 radical (unpaired) electrons. The van der Waals surface area contributed by atoms with E-state index in [9.17, 15) is 8.42 Å². The standard InChI is InChI=1S/C14H23N3O2S2/c1-2-16-7-9-17(10-8-16)21(18,19)12-11-20-14-6-4-3-5-13(14)15/h3-6H,2,7-12,15H2,1H3. The zero-order valence-corrected chi connectivity index (χ0v) is 14.0. The zero-order valence-electron chi connectivity index (χ0n) is 12.4. The summed E-state index contributed by atoms with van der Waals surface area (Å²) in [5.74, 6) is 0.697. The predicted molar refractivity (Wildman–Crippen MR) is 89.1 cm³/mol. The Morgan fingerprint density at radius 1 is 1.19 bits per heavy atom. The maximum absolute atomic E-state index is 12.3. The van der Waals surface area contributed by atoms with Gasteiger partial charge in [-0.15, -0.1) is 11.8 Å². The first-order valence-electron chi connectivity index (χ1n) is 7.20. The number of nitrogen functional groups attached to an aromatic ring is 1. The molecule has 2 N–H and O–H groups in total. The van der Waals surface area contributed by atoms with Gasteiger partial charge in [0.05, 0.1) is 5.75 Å². The number of hydrogen-bond donors (Lipinski definition) is 1. The molecule has 2 rings (SSSR count). The smallest absolute Gasteiger partial charge is 0.215 e. The van der Waals surface area contributed by atoms with E-state index in [1.807, 2.05) is 24.3 Å². The molecule has 5 nitrogen and oxygen atoms in total. The van der Waals surface area contributed by atoms with Crippen molar-refractivity contribution in [2.45, 2.75) is 11.8 Å². The van der Waals surface area contributed by atoms with E-state index >= 15 is 0 Å². The van der Waals surface area contributed by atoms with Gasteiger partial charge in [-0.2, -0.15) is 4.31 Å². The van der Waals surface area contributed by atoms with Crippen molar-refractivity contribution in [2.75, 3.05) is 50.0 Å². The fourth-order valence-electron chi connectivity index (χ4n) is 2.32. The van der Waals surface area contributed by atoms with Gasteiger partial charge in [0, 0.05) is 42.5 Å². The Labute approximate surface area is 131 Å². The molecule has 1 aliphatic rings. The summed E-state index contributed by atoms with van der Waals surface area (Å²) in [4.78, 5) is 3.22. The number of sulfonamides is 1. The normalized spacial score (nSPS) is 18.0. The molecule has 1 aliphatic heterocycles. The highest BCUT2D eigenvalue weighted by atomic mass is 32.2. The number of hydrogen-bond acceptors (Lipinski definition) is 5. The second-order valence-corrected chi connectivity index (χ2v) is 8.26. The van der Waals surface area contributed by atoms with Crippen molar-refractivity contribution in [1.29, 1.82) is 0 Å². The van der Waals surface area contributed by atoms with Gasteiger partial charge in [-0.25, -0.2) is 8.42 Å². The third-order valence-electron chi connectivity index (χ3n) is 3.69. The van der Waals surface area contributed by atoms with Crippen LogP contribution < -0.4 is 5.73 Å². The van der Waals surface area contributed by atoms with Crippen molar-refractivity contribution in [2.24, 2.45) is 0 Å². The van der Waals surface area contributed by atoms with Gasteiger partial charge in [0.15, 0.2) is 0 Å². The molecule has 0 aliphatic carbocycles. The molecule has 0 atom stereocenters. The number of rotatable bonds is 6. The lowest BCUT2D eigenvalue weighted by Gasteiger charge is -2.33. The molecule has 1 aromatic carbocycles. The zero-order chi connectivity index (χ0) is 15.3. The Morgan fingerprint density at radius 3 is 2.48 bits per heavy atom. The van der Waals surface area contributed by atoms with Crippen LogP contribution in [0.25, 0.3) is 0 Å². The lowest BCUT2D eigenvalue weighted by atomic mass is 10.3. The molecule has 1 fully saturated rings. The Hall–Kier alpha value is -0.760. The molecule has 0 spiro atoms. The van der Waals surface area contributed by atoms with Gasteiger partial charge in [-0.1, -0.05) is 19.1 Å². The first-order chi connectivity index (χ1) is 10.0. The number of para-hydroxylation sites is 1. The van der Waals surface area contributed by atoms with Crippen LogP contribution in [0.5, 0.6) is 0 Å². The summed E-state index contributed by atoms with van der Waals surface area (Å²) in [7, 11) is -3.15. The van der Waals surface area contributed by atoms with Gasteiger partial charge in [-0.3, -0.25) is 0 Å². The van der Waals surface area contributed by atoms with Crippen LogP contribution in [0.3, 0.4) is 0 Å². The highest BCUT2D eigenvalue weighted by Crippen LogP contribution is 2.24. The molecule has 0 unspecified atom stereocenters. The summed E-state index contributed by atoms with van der Waals surface area (Å²) < 4.78 is 26.3. The summed E-state index contributed by atoms with van der Waals surface area (Å²) in [6, 6.07) is 7.55. The SMILES string of the molecule is CCN1CCN(S(=O)(=O)CCSc2ccccc2N)CC1. The Balaban J connectivity index is 1.83. The van der Waals surface area contributed by atoms with E-state index in [1.54, 1.807) is 4.31 Å². The Morgan fingerprint density at radius 2 is 1.86 bits per heavy atom. The van der Waals surface area contributed by atoms with Gasteiger partial charge >= 0.3 is 0 Å². The average molecular weight is 329 g/mol. The predicted octanol–water partition coefficient (Wildman–Crippen LogP) is 1.33. The topological polar surface area (TPSA) is 66.6 Å². The summed E-state index contributed by atoms with van der Waals surface area (Å²) in [5, 5.41) is 0. The number of nitrogens with zero attached hydrogens (tertiary/aromatic N) is 2. The number of anilines is 1. The molecular weight excluding hydrogens is 306 g/mol. The van der Waals surface area contributed by atoms with Crippen LogP contribution in [0.2, 0.25) is 0 Å². The molecule has 1 heterocycles. The number of nitrogens with two attached hydrogens (primary N) is 1. The van der Waals surface area contributed by atoms with Crippen LogP contribution in [0.1, 0.15) is 6.92 Å². The van der Waals surface area contributed by atoms with Crippen LogP contribution in [-0.4, -0.2) is 61.9 Å². The van der Waals surface area contributed by atoms with E-state index in [0.717, 1.165) is 24.5 Å². The van der Waals surface area contributed by atoms with Crippen LogP contribution in [0, 0.1) is 0 Å². The molecular formula is C14H23N3O2S2. The Kier molecular flexibility index (Phi) is 5.92. The minimum atomic E-state index is -3.15. The molecule has 21 heavy (non-hydrogen) atoms. The fourth-order valence-corrected chi connectivity index (χ4v) is 5.10. The average Bonchev–Trinajstić information content (AvgIpc) is 2.49. The third kappa shape index (κ3) is 4.60. The summed E-state index contributed by atoms with van der Waals surface area (Å²) in [6.45, 7) is 5.95. The summed E-state index contributed by atoms with van der Waals surface area (Å²) in [6.07, 6.45) is 0. The lowest BCUT2D eigenvalue weighted by molar-refractivity contribution is 0.196. The first-order valence-corrected chi connectivity index (χ1v) is 9.80. The van der Waals surface area contributed by atoms with Gasteiger partial charge < -0.3 is 10.6 Å². The van der Waals surface area contributed by atoms with Crippen LogP contribution >= 0.6 is 11.8 Å². The van der Waals surface area contributed by atoms with Crippen molar-refractivity contribution in [3.8, 4) is 0 Å². The maximum Gasteiger partial charge on any atom is 0.215 e. The van der Waals surface area contributed by atoms with Crippen molar-refractivity contribution >= 4 is 27.5 Å². The van der Waals surface area contributed by atoms with Crippen molar-refractivity contribution < 1.29 is 8.42 Å². The monoisotopic (exact) mass is 329 g/mol. The van der Waals surface area contributed by atoms with E-state index in [1.165, 1.54) is 11.8 Å². The summed E-state index contributed by atoms with van der Waals surface area (Å²) in [5.41, 5.74) is 6.56. The van der Waals surface area contributed by atoms with Crippen LogP contribution in [-0.2, 0) is 10.0 Å². The third-order valence-corrected chi connectivity index (χ3v) is 6.91. The quantitative estimate of drug-likeness (QED) is 0.630. The fraction of sp³-hybridized carbons (Fsp3) is 0.571. The van der Waals surface area contributed by atoms with Gasteiger partial charge in [0.1, 0.15) is 0 Å². The largest absolute Gasteiger partial charge is 0.398 e. The van der Waals surface area contributed by atoms with E-state index < -0.39 is 10.0 Å². The second kappa shape index (κ2) is 7.49. The minimum absolute atomic E-state index is 0.165. The van der Waals surface area contributed by atoms with E-state index in [4.69, 9.17) is 5.73 Å². The van der Waals surface area contributed by atoms with Crippen molar-refractivity contribution in [3.63, 3.8) is 0 Å². The van der Waals surface area contributed by atoms with Crippen molar-refractivity contribution in [1.82, 2.24) is 9.21 Å². The highest BCUT2D eigenvalue weighted by Gasteiger charge is 2.25. The Bertz CT molecular complexity index is 555. The van der Waals surface area contributed by atoms with Crippen LogP contribution in [0.15, 0.2) is 29.2 Å². The van der Waals surface area contributed by atoms with E-state index in [-0.39, 0.29) is 5.75 Å². The first kappa shape index (κ1) is 16.6. The second-order valence-electron chi connectivity index (χ2n) is 5.04. The molecule has 118 valence electrons. The number of piperazine rings is 1. The van der Waals surface area contributed by atoms with Crippen molar-refractivity contribution in [3.05, 3.63) is 24.3 Å². The molecule has 0 saturated carbocycles. The lowest BCUT2D eigenvalue weighted by Crippen LogP contribution is -2.49. The molecule has 0 bridgehead atoms. The molecule has 7 heteroatoms. The van der Waals surface area contributed by atoms with Gasteiger partial charge in [-0.05, 0) is 18.7 Å². The van der Waals surface area contributed by atoms with Gasteiger partial charge in [0.25, 0.3) is 0 Å². The molecule has 0 amide bonds. The number of thioether (sulfide) groups is 1. The van der Waals surface area contributed by atoms with E-state index in [0.29, 0.717) is 24.5 Å². The maximum atomic E-state index is 12.3. The minimum Gasteiger partial charge on any atom is -0.398 e. The van der Waals surface area contributed by atoms with Gasteiger partial charge in [0.2, 0.25) is 10.0 Å². The summed E-state index contributed by atoms with van der Waals surface area (Å²) >= 11 is 1.50. The highest BCUT2D eigenvalue weighted by molar-refractivity contribution is 8.00. The van der Waals surface area contributed by atoms with E-state index in [2.05, 4.69) is 11.8 Å². The molecule has 0 aromatic heterocycles. The number of benzene rings is 1. The molecule has 1 saturated heterocycles. The molecule has 1 aromatic rings. The van der Waals surface area contributed by atoms with Crippen LogP contribution in [0.4, 0.5) is 5.69 Å².